The van der Waals surface area contributed by atoms with Gasteiger partial charge in [0.2, 0.25) is 5.91 Å². The van der Waals surface area contributed by atoms with Crippen molar-refractivity contribution < 1.29 is 4.79 Å². The van der Waals surface area contributed by atoms with E-state index in [-0.39, 0.29) is 5.91 Å². The van der Waals surface area contributed by atoms with Crippen LogP contribution in [0.4, 0.5) is 5.69 Å². The molecular formula is C24H31N2O+. The molecule has 3 nitrogen and oxygen atoms in total. The summed E-state index contributed by atoms with van der Waals surface area (Å²) in [5.41, 5.74) is 2.42. The largest absolute Gasteiger partial charge is 0.312 e. The summed E-state index contributed by atoms with van der Waals surface area (Å²) in [6.07, 6.45) is 6.32. The van der Waals surface area contributed by atoms with Crippen LogP contribution in [0, 0.1) is 12.3 Å². The topological polar surface area (TPSA) is 23.6 Å². The number of benzene rings is 2. The molecule has 0 bridgehead atoms. The van der Waals surface area contributed by atoms with Crippen LogP contribution in [0.25, 0.3) is 0 Å². The molecule has 1 amide bonds. The average molecular weight is 364 g/mol. The molecule has 3 rings (SSSR count). The normalized spacial score (nSPS) is 17.7. The predicted octanol–water partition coefficient (Wildman–Crippen LogP) is 4.59. The number of rotatable bonds is 7. The Balaban J connectivity index is 1.62. The van der Waals surface area contributed by atoms with Crippen molar-refractivity contribution >= 4 is 11.6 Å². The Kier molecular flexibility index (Phi) is 7.35. The molecular weight excluding hydrogens is 332 g/mol. The third-order valence-electron chi connectivity index (χ3n) is 5.35. The minimum atomic E-state index is 0.213. The van der Waals surface area contributed by atoms with E-state index in [0.717, 1.165) is 51.1 Å². The Labute approximate surface area is 164 Å². The minimum absolute atomic E-state index is 0.213. The molecule has 0 saturated carbocycles. The maximum absolute atomic E-state index is 12.6. The van der Waals surface area contributed by atoms with E-state index in [1.54, 1.807) is 0 Å². The number of likely N-dealkylation sites (tertiary alicyclic amines) is 1. The van der Waals surface area contributed by atoms with Gasteiger partial charge in [-0.05, 0) is 36.5 Å². The lowest BCUT2D eigenvalue weighted by atomic mass is 10.0. The lowest BCUT2D eigenvalue weighted by Gasteiger charge is -2.29. The van der Waals surface area contributed by atoms with E-state index < -0.39 is 0 Å². The van der Waals surface area contributed by atoms with Crippen LogP contribution < -0.4 is 4.90 Å². The number of para-hydroxylation sites is 1. The van der Waals surface area contributed by atoms with Crippen molar-refractivity contribution in [2.75, 3.05) is 31.1 Å². The van der Waals surface area contributed by atoms with Gasteiger partial charge in [-0.15, -0.1) is 0 Å². The number of hydrogen-bond donors (Lipinski definition) is 0. The zero-order valence-corrected chi connectivity index (χ0v) is 16.4. The molecule has 0 radical (unpaired) electrons. The SMILES string of the molecule is CCC(=O)N(C[C@H]1CC[CH+]CN(CCc2ccccc2)C1)c1ccccc1. The maximum Gasteiger partial charge on any atom is 0.226 e. The summed E-state index contributed by atoms with van der Waals surface area (Å²) in [6.45, 7) is 5.95. The Morgan fingerprint density at radius 1 is 1.11 bits per heavy atom. The number of nitrogens with zero attached hydrogens (tertiary/aromatic N) is 2. The van der Waals surface area contributed by atoms with Gasteiger partial charge in [-0.1, -0.05) is 55.5 Å². The van der Waals surface area contributed by atoms with Gasteiger partial charge in [0.15, 0.2) is 0 Å². The molecule has 0 N–H and O–H groups in total. The number of amides is 1. The Morgan fingerprint density at radius 3 is 2.52 bits per heavy atom. The Bertz CT molecular complexity index is 686. The monoisotopic (exact) mass is 363 g/mol. The quantitative estimate of drug-likeness (QED) is 0.672. The molecule has 1 fully saturated rings. The summed E-state index contributed by atoms with van der Waals surface area (Å²) < 4.78 is 0. The van der Waals surface area contributed by atoms with Gasteiger partial charge in [-0.25, -0.2) is 0 Å². The third-order valence-corrected chi connectivity index (χ3v) is 5.35. The lowest BCUT2D eigenvalue weighted by molar-refractivity contribution is -0.118. The summed E-state index contributed by atoms with van der Waals surface area (Å²) in [5.74, 6) is 0.723. The van der Waals surface area contributed by atoms with Crippen LogP contribution in [0.1, 0.15) is 31.7 Å². The van der Waals surface area contributed by atoms with Crippen molar-refractivity contribution in [1.29, 1.82) is 0 Å². The van der Waals surface area contributed by atoms with E-state index in [2.05, 4.69) is 41.7 Å². The summed E-state index contributed by atoms with van der Waals surface area (Å²) in [7, 11) is 0. The molecule has 0 spiro atoms. The molecule has 0 unspecified atom stereocenters. The molecule has 1 saturated heterocycles. The molecule has 1 aliphatic heterocycles. The molecule has 27 heavy (non-hydrogen) atoms. The molecule has 0 aliphatic carbocycles. The van der Waals surface area contributed by atoms with Crippen LogP contribution in [-0.4, -0.2) is 37.0 Å². The van der Waals surface area contributed by atoms with Crippen molar-refractivity contribution in [2.45, 2.75) is 32.6 Å². The van der Waals surface area contributed by atoms with Gasteiger partial charge in [0.25, 0.3) is 0 Å². The van der Waals surface area contributed by atoms with E-state index >= 15 is 0 Å². The number of hydrogen-bond acceptors (Lipinski definition) is 2. The fourth-order valence-electron chi connectivity index (χ4n) is 3.83. The molecule has 1 atom stereocenters. The van der Waals surface area contributed by atoms with E-state index in [1.165, 1.54) is 5.56 Å². The van der Waals surface area contributed by atoms with Crippen LogP contribution in [0.3, 0.4) is 0 Å². The summed E-state index contributed by atoms with van der Waals surface area (Å²) >= 11 is 0. The minimum Gasteiger partial charge on any atom is -0.312 e. The third kappa shape index (κ3) is 5.86. The molecule has 1 heterocycles. The molecule has 142 valence electrons. The van der Waals surface area contributed by atoms with E-state index in [4.69, 9.17) is 0 Å². The van der Waals surface area contributed by atoms with E-state index in [9.17, 15) is 4.79 Å². The number of carbonyl (C=O) groups excluding carboxylic acids is 1. The van der Waals surface area contributed by atoms with Crippen molar-refractivity contribution in [1.82, 2.24) is 4.90 Å². The first kappa shape index (κ1) is 19.5. The number of anilines is 1. The molecule has 1 aliphatic rings. The van der Waals surface area contributed by atoms with Crippen molar-refractivity contribution in [2.24, 2.45) is 5.92 Å². The van der Waals surface area contributed by atoms with Gasteiger partial charge >= 0.3 is 0 Å². The van der Waals surface area contributed by atoms with Crippen LogP contribution >= 0.6 is 0 Å². The summed E-state index contributed by atoms with van der Waals surface area (Å²) in [5, 5.41) is 0. The highest BCUT2D eigenvalue weighted by molar-refractivity contribution is 5.93. The zero-order valence-electron chi connectivity index (χ0n) is 16.4. The Morgan fingerprint density at radius 2 is 1.81 bits per heavy atom. The highest BCUT2D eigenvalue weighted by Crippen LogP contribution is 2.22. The van der Waals surface area contributed by atoms with Crippen LogP contribution in [0.2, 0.25) is 0 Å². The zero-order chi connectivity index (χ0) is 18.9. The lowest BCUT2D eigenvalue weighted by Crippen LogP contribution is -2.39. The second-order valence-corrected chi connectivity index (χ2v) is 7.42. The van der Waals surface area contributed by atoms with Gasteiger partial charge < -0.3 is 4.90 Å². The highest BCUT2D eigenvalue weighted by atomic mass is 16.2. The van der Waals surface area contributed by atoms with Crippen LogP contribution in [0.5, 0.6) is 0 Å². The Hall–Kier alpha value is -2.26. The van der Waals surface area contributed by atoms with E-state index in [0.29, 0.717) is 12.3 Å². The summed E-state index contributed by atoms with van der Waals surface area (Å²) in [6, 6.07) is 20.8. The van der Waals surface area contributed by atoms with Crippen molar-refractivity contribution in [3.05, 3.63) is 72.6 Å². The molecule has 0 aromatic heterocycles. The second kappa shape index (κ2) is 10.2. The van der Waals surface area contributed by atoms with Gasteiger partial charge in [-0.3, -0.25) is 9.69 Å². The van der Waals surface area contributed by atoms with E-state index in [1.807, 2.05) is 42.2 Å². The van der Waals surface area contributed by atoms with Gasteiger partial charge in [0.1, 0.15) is 6.54 Å². The molecule has 2 aromatic rings. The first-order chi connectivity index (χ1) is 13.3. The second-order valence-electron chi connectivity index (χ2n) is 7.42. The summed E-state index contributed by atoms with van der Waals surface area (Å²) in [4.78, 5) is 17.1. The van der Waals surface area contributed by atoms with Gasteiger partial charge in [0, 0.05) is 31.7 Å². The first-order valence-electron chi connectivity index (χ1n) is 10.2. The fourth-order valence-corrected chi connectivity index (χ4v) is 3.83. The van der Waals surface area contributed by atoms with Crippen LogP contribution in [-0.2, 0) is 11.2 Å². The van der Waals surface area contributed by atoms with Crippen molar-refractivity contribution in [3.63, 3.8) is 0 Å². The average Bonchev–Trinajstić information content (AvgIpc) is 2.96. The fraction of sp³-hybridized carbons (Fsp3) is 0.417. The smallest absolute Gasteiger partial charge is 0.226 e. The van der Waals surface area contributed by atoms with Gasteiger partial charge in [-0.2, -0.15) is 0 Å². The van der Waals surface area contributed by atoms with Gasteiger partial charge in [0.05, 0.1) is 12.8 Å². The van der Waals surface area contributed by atoms with Crippen molar-refractivity contribution in [3.8, 4) is 0 Å². The standard InChI is InChI=1S/C24H31N2O/c1-2-24(27)26(23-14-7-4-8-15-23)20-22-13-9-10-17-25(19-22)18-16-21-11-5-3-6-12-21/h3-8,10-12,14-15,22H,2,9,13,16-20H2,1H3/q+1/t22-/m0/s1. The number of carbonyl (C=O) groups is 1. The predicted molar refractivity (Wildman–Crippen MR) is 113 cm³/mol. The maximum atomic E-state index is 12.6. The molecule has 3 heteroatoms. The first-order valence-corrected chi connectivity index (χ1v) is 10.2. The molecule has 2 aromatic carbocycles. The van der Waals surface area contributed by atoms with Crippen LogP contribution in [0.15, 0.2) is 60.7 Å². The highest BCUT2D eigenvalue weighted by Gasteiger charge is 2.26.